The van der Waals surface area contributed by atoms with E-state index >= 15 is 0 Å². The molecule has 3 aliphatic heterocycles. The van der Waals surface area contributed by atoms with E-state index in [9.17, 15) is 9.59 Å². The molecule has 0 aliphatic carbocycles. The molecule has 0 radical (unpaired) electrons. The van der Waals surface area contributed by atoms with Crippen LogP contribution in [-0.2, 0) is 22.5 Å². The first kappa shape index (κ1) is 18.2. The van der Waals surface area contributed by atoms with Crippen LogP contribution in [0.3, 0.4) is 0 Å². The molecule has 2 atom stereocenters. The molecule has 2 aromatic carbocycles. The predicted molar refractivity (Wildman–Crippen MR) is 107 cm³/mol. The second-order valence-electron chi connectivity index (χ2n) is 7.86. The van der Waals surface area contributed by atoms with Crippen molar-refractivity contribution in [3.05, 3.63) is 65.2 Å². The lowest BCUT2D eigenvalue weighted by atomic mass is 10.1. The number of fused-ring (bicyclic) bond motifs is 2. The summed E-state index contributed by atoms with van der Waals surface area (Å²) >= 11 is 0. The molecule has 6 heteroatoms. The Kier molecular flexibility index (Phi) is 4.72. The quantitative estimate of drug-likeness (QED) is 0.804. The Balaban J connectivity index is 1.36. The van der Waals surface area contributed by atoms with E-state index in [1.807, 2.05) is 58.3 Å². The highest BCUT2D eigenvalue weighted by Crippen LogP contribution is 2.29. The molecule has 150 valence electrons. The highest BCUT2D eigenvalue weighted by atomic mass is 16.5. The van der Waals surface area contributed by atoms with Gasteiger partial charge in [-0.25, -0.2) is 0 Å². The van der Waals surface area contributed by atoms with Crippen molar-refractivity contribution in [2.45, 2.75) is 31.5 Å². The van der Waals surface area contributed by atoms with Crippen LogP contribution in [0, 0.1) is 0 Å². The van der Waals surface area contributed by atoms with Crippen molar-refractivity contribution >= 4 is 11.8 Å². The summed E-state index contributed by atoms with van der Waals surface area (Å²) in [4.78, 5) is 29.6. The fraction of sp³-hybridized carbons (Fsp3) is 0.391. The molecule has 0 unspecified atom stereocenters. The van der Waals surface area contributed by atoms with Crippen LogP contribution in [0.25, 0.3) is 0 Å². The van der Waals surface area contributed by atoms with Gasteiger partial charge in [-0.15, -0.1) is 0 Å². The van der Waals surface area contributed by atoms with Gasteiger partial charge in [0.05, 0.1) is 31.8 Å². The first-order valence-corrected chi connectivity index (χ1v) is 10.2. The Morgan fingerprint density at radius 1 is 1.03 bits per heavy atom. The predicted octanol–water partition coefficient (Wildman–Crippen LogP) is 2.26. The van der Waals surface area contributed by atoms with Gasteiger partial charge in [0.1, 0.15) is 5.75 Å². The Labute approximate surface area is 170 Å². The van der Waals surface area contributed by atoms with Crippen molar-refractivity contribution in [2.24, 2.45) is 0 Å². The molecule has 0 spiro atoms. The monoisotopic (exact) mass is 392 g/mol. The van der Waals surface area contributed by atoms with Crippen LogP contribution in [0.5, 0.6) is 5.75 Å². The van der Waals surface area contributed by atoms with Crippen molar-refractivity contribution in [3.63, 3.8) is 0 Å². The van der Waals surface area contributed by atoms with Gasteiger partial charge < -0.3 is 19.3 Å². The van der Waals surface area contributed by atoms with Crippen LogP contribution >= 0.6 is 0 Å². The summed E-state index contributed by atoms with van der Waals surface area (Å²) < 4.78 is 11.5. The number of carbonyl (C=O) groups excluding carboxylic acids is 2. The molecule has 0 N–H and O–H groups in total. The molecular weight excluding hydrogens is 368 g/mol. The molecule has 0 saturated carbocycles. The summed E-state index contributed by atoms with van der Waals surface area (Å²) in [5.41, 5.74) is 2.85. The van der Waals surface area contributed by atoms with Gasteiger partial charge in [-0.2, -0.15) is 0 Å². The molecule has 0 bridgehead atoms. The SMILES string of the molecule is O=C(c1ccc2c(c1)CCO2)N1C[C@@H]2OCCC(=O)N(Cc3ccccc3)[C@H]2C1. The topological polar surface area (TPSA) is 59.1 Å². The minimum atomic E-state index is -0.146. The smallest absolute Gasteiger partial charge is 0.254 e. The lowest BCUT2D eigenvalue weighted by Gasteiger charge is -2.29. The fourth-order valence-corrected chi connectivity index (χ4v) is 4.50. The number of ether oxygens (including phenoxy) is 2. The molecule has 2 fully saturated rings. The minimum Gasteiger partial charge on any atom is -0.493 e. The maximum Gasteiger partial charge on any atom is 0.254 e. The number of nitrogens with zero attached hydrogens (tertiary/aromatic N) is 2. The maximum absolute atomic E-state index is 13.1. The second kappa shape index (κ2) is 7.52. The van der Waals surface area contributed by atoms with E-state index in [-0.39, 0.29) is 24.0 Å². The zero-order valence-electron chi connectivity index (χ0n) is 16.3. The van der Waals surface area contributed by atoms with Crippen LogP contribution in [-0.4, -0.2) is 60.1 Å². The number of hydrogen-bond acceptors (Lipinski definition) is 4. The van der Waals surface area contributed by atoms with Gasteiger partial charge in [-0.3, -0.25) is 9.59 Å². The van der Waals surface area contributed by atoms with Gasteiger partial charge in [0.15, 0.2) is 0 Å². The molecule has 2 saturated heterocycles. The molecule has 2 amide bonds. The molecule has 29 heavy (non-hydrogen) atoms. The van der Waals surface area contributed by atoms with Gasteiger partial charge in [0, 0.05) is 31.6 Å². The average Bonchev–Trinajstić information content (AvgIpc) is 3.36. The Bertz CT molecular complexity index is 930. The van der Waals surface area contributed by atoms with E-state index in [0.29, 0.717) is 44.8 Å². The maximum atomic E-state index is 13.1. The highest BCUT2D eigenvalue weighted by molar-refractivity contribution is 5.95. The largest absolute Gasteiger partial charge is 0.493 e. The minimum absolute atomic E-state index is 0.0107. The van der Waals surface area contributed by atoms with E-state index in [1.165, 1.54) is 0 Å². The zero-order valence-corrected chi connectivity index (χ0v) is 16.3. The van der Waals surface area contributed by atoms with Crippen LogP contribution in [0.15, 0.2) is 48.5 Å². The Morgan fingerprint density at radius 2 is 1.90 bits per heavy atom. The van der Waals surface area contributed by atoms with Gasteiger partial charge in [0.25, 0.3) is 5.91 Å². The van der Waals surface area contributed by atoms with E-state index in [0.717, 1.165) is 23.3 Å². The number of benzene rings is 2. The fourth-order valence-electron chi connectivity index (χ4n) is 4.50. The first-order valence-electron chi connectivity index (χ1n) is 10.2. The van der Waals surface area contributed by atoms with Gasteiger partial charge in [0.2, 0.25) is 5.91 Å². The van der Waals surface area contributed by atoms with Crippen molar-refractivity contribution in [1.29, 1.82) is 0 Å². The lowest BCUT2D eigenvalue weighted by Crippen LogP contribution is -2.45. The summed E-state index contributed by atoms with van der Waals surface area (Å²) in [5.74, 6) is 0.949. The van der Waals surface area contributed by atoms with Gasteiger partial charge in [-0.1, -0.05) is 30.3 Å². The van der Waals surface area contributed by atoms with E-state index in [4.69, 9.17) is 9.47 Å². The molecular formula is C23H24N2O4. The van der Waals surface area contributed by atoms with E-state index < -0.39 is 0 Å². The van der Waals surface area contributed by atoms with Crippen molar-refractivity contribution in [2.75, 3.05) is 26.3 Å². The highest BCUT2D eigenvalue weighted by Gasteiger charge is 2.43. The molecule has 3 heterocycles. The summed E-state index contributed by atoms with van der Waals surface area (Å²) in [6, 6.07) is 15.5. The van der Waals surface area contributed by atoms with Crippen LogP contribution in [0.1, 0.15) is 27.9 Å². The van der Waals surface area contributed by atoms with Gasteiger partial charge in [-0.05, 0) is 29.3 Å². The third kappa shape index (κ3) is 3.49. The molecule has 3 aliphatic rings. The number of likely N-dealkylation sites (tertiary alicyclic amines) is 1. The molecule has 2 aromatic rings. The van der Waals surface area contributed by atoms with E-state index in [1.54, 1.807) is 0 Å². The summed E-state index contributed by atoms with van der Waals surface area (Å²) in [5, 5.41) is 0. The normalized spacial score (nSPS) is 23.4. The summed E-state index contributed by atoms with van der Waals surface area (Å²) in [6.45, 7) is 2.63. The van der Waals surface area contributed by atoms with E-state index in [2.05, 4.69) is 0 Å². The third-order valence-electron chi connectivity index (χ3n) is 6.02. The number of rotatable bonds is 3. The second-order valence-corrected chi connectivity index (χ2v) is 7.86. The lowest BCUT2D eigenvalue weighted by molar-refractivity contribution is -0.133. The standard InChI is InChI=1S/C23H24N2O4/c26-22-9-11-29-21-15-24(14-19(21)25(22)13-16-4-2-1-3-5-16)23(27)18-6-7-20-17(12-18)8-10-28-20/h1-7,12,19,21H,8-11,13-15H2/t19-,21-/m0/s1. The van der Waals surface area contributed by atoms with Crippen LogP contribution in [0.4, 0.5) is 0 Å². The Morgan fingerprint density at radius 3 is 2.76 bits per heavy atom. The zero-order chi connectivity index (χ0) is 19.8. The summed E-state index contributed by atoms with van der Waals surface area (Å²) in [7, 11) is 0. The van der Waals surface area contributed by atoms with Crippen LogP contribution in [0.2, 0.25) is 0 Å². The number of amides is 2. The first-order chi connectivity index (χ1) is 14.2. The summed E-state index contributed by atoms with van der Waals surface area (Å²) in [6.07, 6.45) is 1.08. The van der Waals surface area contributed by atoms with Crippen LogP contribution < -0.4 is 4.74 Å². The molecule has 0 aromatic heterocycles. The molecule has 6 nitrogen and oxygen atoms in total. The average molecular weight is 392 g/mol. The van der Waals surface area contributed by atoms with Crippen molar-refractivity contribution in [1.82, 2.24) is 9.80 Å². The van der Waals surface area contributed by atoms with Gasteiger partial charge >= 0.3 is 0 Å². The molecule has 5 rings (SSSR count). The van der Waals surface area contributed by atoms with Crippen molar-refractivity contribution < 1.29 is 19.1 Å². The van der Waals surface area contributed by atoms with Crippen molar-refractivity contribution in [3.8, 4) is 5.75 Å². The third-order valence-corrected chi connectivity index (χ3v) is 6.02. The Hall–Kier alpha value is -2.86. The number of carbonyl (C=O) groups is 2. The number of hydrogen-bond donors (Lipinski definition) is 0.